The van der Waals surface area contributed by atoms with Gasteiger partial charge in [0.1, 0.15) is 0 Å². The van der Waals surface area contributed by atoms with E-state index in [1.807, 2.05) is 13.2 Å². The van der Waals surface area contributed by atoms with Crippen LogP contribution in [0.25, 0.3) is 0 Å². The number of benzene rings is 1. The number of nitrogens with one attached hydrogen (secondary N) is 1. The topological polar surface area (TPSA) is 72.2 Å². The predicted molar refractivity (Wildman–Crippen MR) is 83.0 cm³/mol. The van der Waals surface area contributed by atoms with Crippen LogP contribution in [0.1, 0.15) is 23.7 Å². The minimum absolute atomic E-state index is 0.0102. The molecule has 1 N–H and O–H groups in total. The van der Waals surface area contributed by atoms with Crippen LogP contribution in [-0.2, 0) is 0 Å². The van der Waals surface area contributed by atoms with Gasteiger partial charge < -0.3 is 5.32 Å². The molecule has 0 spiro atoms. The number of rotatable bonds is 6. The van der Waals surface area contributed by atoms with E-state index in [1.165, 1.54) is 0 Å². The van der Waals surface area contributed by atoms with Crippen LogP contribution in [0.2, 0.25) is 10.0 Å². The first kappa shape index (κ1) is 17.1. The molecule has 0 aliphatic carbocycles. The van der Waals surface area contributed by atoms with Gasteiger partial charge in [-0.3, -0.25) is 14.9 Å². The van der Waals surface area contributed by atoms with Gasteiger partial charge in [0.25, 0.3) is 11.6 Å². The molecule has 0 radical (unpaired) electrons. The molecule has 0 bridgehead atoms. The van der Waals surface area contributed by atoms with Crippen LogP contribution in [0.3, 0.4) is 0 Å². The second kappa shape index (κ2) is 7.71. The van der Waals surface area contributed by atoms with E-state index in [0.717, 1.165) is 24.3 Å². The molecule has 20 heavy (non-hydrogen) atoms. The number of nitro groups is 1. The zero-order chi connectivity index (χ0) is 15.3. The maximum Gasteiger partial charge on any atom is 0.271 e. The molecule has 1 amide bonds. The molecule has 0 fully saturated rings. The number of nitro benzene ring substituents is 1. The number of nitrogens with zero attached hydrogens (tertiary/aromatic N) is 1. The fourth-order valence-corrected chi connectivity index (χ4v) is 2.70. The number of hydrogen-bond acceptors (Lipinski definition) is 4. The number of halogens is 2. The minimum atomic E-state index is -0.613. The molecule has 0 saturated carbocycles. The third-order valence-corrected chi connectivity index (χ3v) is 4.20. The SMILES string of the molecule is CCC(CSC)NC(=O)c1cc([N+](=O)[O-])cc(Cl)c1Cl. The molecular formula is C12H14Cl2N2O3S. The Morgan fingerprint density at radius 3 is 2.65 bits per heavy atom. The van der Waals surface area contributed by atoms with Gasteiger partial charge in [0, 0.05) is 23.9 Å². The van der Waals surface area contributed by atoms with Gasteiger partial charge in [0.2, 0.25) is 0 Å². The lowest BCUT2D eigenvalue weighted by Crippen LogP contribution is -2.36. The normalized spacial score (nSPS) is 12.0. The maximum absolute atomic E-state index is 12.2. The van der Waals surface area contributed by atoms with Crippen LogP contribution in [-0.4, -0.2) is 28.9 Å². The van der Waals surface area contributed by atoms with E-state index in [9.17, 15) is 14.9 Å². The van der Waals surface area contributed by atoms with Crippen LogP contribution < -0.4 is 5.32 Å². The van der Waals surface area contributed by atoms with E-state index in [4.69, 9.17) is 23.2 Å². The highest BCUT2D eigenvalue weighted by molar-refractivity contribution is 7.98. The van der Waals surface area contributed by atoms with E-state index in [1.54, 1.807) is 11.8 Å². The number of non-ortho nitro benzene ring substituents is 1. The Morgan fingerprint density at radius 1 is 1.50 bits per heavy atom. The average Bonchev–Trinajstić information content (AvgIpc) is 2.40. The standard InChI is InChI=1S/C12H14Cl2N2O3S/c1-3-7(6-20-2)15-12(17)9-4-8(16(18)19)5-10(13)11(9)14/h4-5,7H,3,6H2,1-2H3,(H,15,17). The van der Waals surface area contributed by atoms with E-state index < -0.39 is 10.8 Å². The molecule has 0 heterocycles. The minimum Gasteiger partial charge on any atom is -0.348 e. The molecule has 0 aliphatic heterocycles. The van der Waals surface area contributed by atoms with Gasteiger partial charge in [0.05, 0.1) is 20.5 Å². The molecule has 1 aromatic rings. The summed E-state index contributed by atoms with van der Waals surface area (Å²) < 4.78 is 0. The Morgan fingerprint density at radius 2 is 2.15 bits per heavy atom. The number of carbonyl (C=O) groups is 1. The van der Waals surface area contributed by atoms with Crippen LogP contribution in [0.4, 0.5) is 5.69 Å². The second-order valence-electron chi connectivity index (χ2n) is 4.08. The number of carbonyl (C=O) groups excluding carboxylic acids is 1. The van der Waals surface area contributed by atoms with Crippen LogP contribution in [0, 0.1) is 10.1 Å². The Balaban J connectivity index is 3.05. The lowest BCUT2D eigenvalue weighted by atomic mass is 10.1. The first-order chi connectivity index (χ1) is 9.40. The third-order valence-electron chi connectivity index (χ3n) is 2.66. The lowest BCUT2D eigenvalue weighted by molar-refractivity contribution is -0.384. The zero-order valence-electron chi connectivity index (χ0n) is 11.0. The van der Waals surface area contributed by atoms with Crippen LogP contribution >= 0.6 is 35.0 Å². The van der Waals surface area contributed by atoms with Crippen molar-refractivity contribution in [1.82, 2.24) is 5.32 Å². The van der Waals surface area contributed by atoms with Crippen LogP contribution in [0.5, 0.6) is 0 Å². The zero-order valence-corrected chi connectivity index (χ0v) is 13.3. The Hall–Kier alpha value is -0.980. The van der Waals surface area contributed by atoms with Crippen molar-refractivity contribution in [3.63, 3.8) is 0 Å². The third kappa shape index (κ3) is 4.26. The molecule has 110 valence electrons. The molecule has 8 heteroatoms. The van der Waals surface area contributed by atoms with Crippen molar-refractivity contribution < 1.29 is 9.72 Å². The Bertz CT molecular complexity index is 526. The van der Waals surface area contributed by atoms with E-state index in [0.29, 0.717) is 0 Å². The van der Waals surface area contributed by atoms with Crippen molar-refractivity contribution in [2.24, 2.45) is 0 Å². The van der Waals surface area contributed by atoms with E-state index in [2.05, 4.69) is 5.32 Å². The first-order valence-corrected chi connectivity index (χ1v) is 7.98. The molecule has 1 aromatic carbocycles. The summed E-state index contributed by atoms with van der Waals surface area (Å²) in [5.41, 5.74) is -0.243. The highest BCUT2D eigenvalue weighted by atomic mass is 35.5. The van der Waals surface area contributed by atoms with Crippen molar-refractivity contribution in [2.45, 2.75) is 19.4 Å². The molecule has 0 saturated heterocycles. The van der Waals surface area contributed by atoms with Gasteiger partial charge in [-0.1, -0.05) is 30.1 Å². The Labute approximate surface area is 131 Å². The van der Waals surface area contributed by atoms with Crippen molar-refractivity contribution in [2.75, 3.05) is 12.0 Å². The molecule has 0 aromatic heterocycles. The molecular weight excluding hydrogens is 323 g/mol. The van der Waals surface area contributed by atoms with Crippen molar-refractivity contribution >= 4 is 46.6 Å². The second-order valence-corrected chi connectivity index (χ2v) is 5.78. The summed E-state index contributed by atoms with van der Waals surface area (Å²) in [6, 6.07) is 2.24. The predicted octanol–water partition coefficient (Wildman–Crippen LogP) is 3.77. The van der Waals surface area contributed by atoms with Gasteiger partial charge in [-0.2, -0.15) is 11.8 Å². The summed E-state index contributed by atoms with van der Waals surface area (Å²) in [6.45, 7) is 1.95. The summed E-state index contributed by atoms with van der Waals surface area (Å²) >= 11 is 13.4. The quantitative estimate of drug-likeness (QED) is 0.633. The molecule has 1 unspecified atom stereocenters. The summed E-state index contributed by atoms with van der Waals surface area (Å²) in [5, 5.41) is 13.6. The monoisotopic (exact) mass is 336 g/mol. The van der Waals surface area contributed by atoms with E-state index in [-0.39, 0.29) is 27.3 Å². The number of amides is 1. The summed E-state index contributed by atoms with van der Waals surface area (Å²) in [5.74, 6) is 0.296. The number of hydrogen-bond donors (Lipinski definition) is 1. The smallest absolute Gasteiger partial charge is 0.271 e. The van der Waals surface area contributed by atoms with Gasteiger partial charge in [-0.25, -0.2) is 0 Å². The summed E-state index contributed by atoms with van der Waals surface area (Å²) in [6.07, 6.45) is 2.69. The Kier molecular flexibility index (Phi) is 6.58. The maximum atomic E-state index is 12.2. The molecule has 0 aliphatic rings. The summed E-state index contributed by atoms with van der Waals surface area (Å²) in [7, 11) is 0. The number of thioether (sulfide) groups is 1. The first-order valence-electron chi connectivity index (χ1n) is 5.83. The highest BCUT2D eigenvalue weighted by Crippen LogP contribution is 2.30. The van der Waals surface area contributed by atoms with Gasteiger partial charge in [-0.05, 0) is 12.7 Å². The fourth-order valence-electron chi connectivity index (χ4n) is 1.57. The molecule has 5 nitrogen and oxygen atoms in total. The van der Waals surface area contributed by atoms with Crippen molar-refractivity contribution in [1.29, 1.82) is 0 Å². The van der Waals surface area contributed by atoms with Crippen LogP contribution in [0.15, 0.2) is 12.1 Å². The molecule has 1 rings (SSSR count). The molecule has 1 atom stereocenters. The lowest BCUT2D eigenvalue weighted by Gasteiger charge is -2.16. The largest absolute Gasteiger partial charge is 0.348 e. The van der Waals surface area contributed by atoms with E-state index >= 15 is 0 Å². The average molecular weight is 337 g/mol. The van der Waals surface area contributed by atoms with Gasteiger partial charge in [-0.15, -0.1) is 0 Å². The van der Waals surface area contributed by atoms with Gasteiger partial charge in [0.15, 0.2) is 0 Å². The fraction of sp³-hybridized carbons (Fsp3) is 0.417. The van der Waals surface area contributed by atoms with Crippen molar-refractivity contribution in [3.8, 4) is 0 Å². The highest BCUT2D eigenvalue weighted by Gasteiger charge is 2.21. The van der Waals surface area contributed by atoms with Crippen molar-refractivity contribution in [3.05, 3.63) is 37.9 Å². The van der Waals surface area contributed by atoms with Gasteiger partial charge >= 0.3 is 0 Å². The summed E-state index contributed by atoms with van der Waals surface area (Å²) in [4.78, 5) is 22.3.